The number of H-pyrrole nitrogens is 1. The van der Waals surface area contributed by atoms with Crippen molar-refractivity contribution in [2.24, 2.45) is 0 Å². The Morgan fingerprint density at radius 3 is 2.71 bits per heavy atom. The number of amides is 1. The van der Waals surface area contributed by atoms with E-state index in [2.05, 4.69) is 15.3 Å². The molecule has 0 saturated carbocycles. The van der Waals surface area contributed by atoms with E-state index in [1.807, 2.05) is 4.90 Å². The average molecular weight is 431 g/mol. The Hall–Kier alpha value is -1.74. The van der Waals surface area contributed by atoms with Crippen LogP contribution in [0.1, 0.15) is 42.3 Å². The summed E-state index contributed by atoms with van der Waals surface area (Å²) in [6.45, 7) is 6.11. The van der Waals surface area contributed by atoms with Crippen molar-refractivity contribution in [3.8, 4) is 0 Å². The Kier molecular flexibility index (Phi) is 5.95. The van der Waals surface area contributed by atoms with Gasteiger partial charge in [-0.3, -0.25) is 4.79 Å². The maximum Gasteiger partial charge on any atom is 0.269 e. The molecule has 0 radical (unpaired) electrons. The van der Waals surface area contributed by atoms with Gasteiger partial charge in [0.25, 0.3) is 5.91 Å². The molecular weight excluding hydrogens is 407 g/mol. The summed E-state index contributed by atoms with van der Waals surface area (Å²) < 4.78 is 11.3. The fourth-order valence-corrected chi connectivity index (χ4v) is 3.60. The van der Waals surface area contributed by atoms with Gasteiger partial charge in [0.1, 0.15) is 11.3 Å². The normalized spacial score (nSPS) is 20.5. The van der Waals surface area contributed by atoms with E-state index in [4.69, 9.17) is 32.4 Å². The number of carbonyl (C=O) groups is 1. The molecular formula is C18H24Cl2N4O4. The summed E-state index contributed by atoms with van der Waals surface area (Å²) in [5, 5.41) is 13.5. The molecule has 3 heterocycles. The minimum atomic E-state index is -1.15. The number of aromatic amines is 1. The van der Waals surface area contributed by atoms with E-state index in [1.54, 1.807) is 34.1 Å². The van der Waals surface area contributed by atoms with Crippen LogP contribution in [0.3, 0.4) is 0 Å². The zero-order valence-corrected chi connectivity index (χ0v) is 17.7. The van der Waals surface area contributed by atoms with Crippen LogP contribution in [-0.4, -0.2) is 53.3 Å². The van der Waals surface area contributed by atoms with Gasteiger partial charge in [0, 0.05) is 25.9 Å². The van der Waals surface area contributed by atoms with Gasteiger partial charge in [-0.05, 0) is 27.2 Å². The van der Waals surface area contributed by atoms with Crippen LogP contribution in [0.4, 0.5) is 5.88 Å². The monoisotopic (exact) mass is 430 g/mol. The van der Waals surface area contributed by atoms with Crippen molar-refractivity contribution in [3.63, 3.8) is 0 Å². The molecule has 1 aliphatic heterocycles. The largest absolute Gasteiger partial charge is 0.422 e. The minimum absolute atomic E-state index is 0.205. The molecule has 1 amide bonds. The zero-order chi connectivity index (χ0) is 20.6. The molecule has 8 nitrogen and oxygen atoms in total. The predicted octanol–water partition coefficient (Wildman–Crippen LogP) is 2.87. The third-order valence-electron chi connectivity index (χ3n) is 4.79. The molecule has 1 unspecified atom stereocenters. The van der Waals surface area contributed by atoms with Gasteiger partial charge in [-0.1, -0.05) is 23.2 Å². The lowest BCUT2D eigenvalue weighted by Crippen LogP contribution is -2.55. The molecule has 0 bridgehead atoms. The fourth-order valence-electron chi connectivity index (χ4n) is 3.18. The Labute approximate surface area is 173 Å². The summed E-state index contributed by atoms with van der Waals surface area (Å²) >= 11 is 12.2. The van der Waals surface area contributed by atoms with E-state index in [1.165, 1.54) is 0 Å². The molecule has 2 atom stereocenters. The van der Waals surface area contributed by atoms with Gasteiger partial charge in [0.2, 0.25) is 11.8 Å². The van der Waals surface area contributed by atoms with E-state index in [0.717, 1.165) is 0 Å². The van der Waals surface area contributed by atoms with Gasteiger partial charge in [-0.2, -0.15) is 0 Å². The quantitative estimate of drug-likeness (QED) is 0.673. The second-order valence-electron chi connectivity index (χ2n) is 7.40. The van der Waals surface area contributed by atoms with Crippen LogP contribution < -0.4 is 10.2 Å². The maximum atomic E-state index is 12.6. The Morgan fingerprint density at radius 1 is 1.46 bits per heavy atom. The summed E-state index contributed by atoms with van der Waals surface area (Å²) in [5.41, 5.74) is -0.269. The van der Waals surface area contributed by atoms with Crippen molar-refractivity contribution < 1.29 is 19.1 Å². The number of methoxy groups -OCH3 is 1. The molecule has 10 heteroatoms. The van der Waals surface area contributed by atoms with Crippen molar-refractivity contribution in [1.29, 1.82) is 0 Å². The van der Waals surface area contributed by atoms with Crippen LogP contribution in [0.15, 0.2) is 10.6 Å². The van der Waals surface area contributed by atoms with E-state index >= 15 is 0 Å². The zero-order valence-electron chi connectivity index (χ0n) is 16.2. The number of anilines is 1. The summed E-state index contributed by atoms with van der Waals surface area (Å²) in [5.74, 6) is 0.476. The van der Waals surface area contributed by atoms with Crippen LogP contribution in [-0.2, 0) is 10.3 Å². The molecule has 2 aromatic rings. The molecule has 0 aliphatic carbocycles. The van der Waals surface area contributed by atoms with Gasteiger partial charge in [0.05, 0.1) is 28.4 Å². The fraction of sp³-hybridized carbons (Fsp3) is 0.556. The average Bonchev–Trinajstić information content (AvgIpc) is 3.23. The number of aromatic nitrogens is 2. The first kappa shape index (κ1) is 21.0. The highest BCUT2D eigenvalue weighted by Gasteiger charge is 2.34. The van der Waals surface area contributed by atoms with E-state index in [0.29, 0.717) is 36.1 Å². The number of ether oxygens (including phenoxy) is 1. The van der Waals surface area contributed by atoms with Gasteiger partial charge >= 0.3 is 0 Å². The SMILES string of the molecule is CO[C@H]1CN(c2cnc(C(C)(C)O)o2)CCC1NC(=O)c1[nH]c(C)c(Cl)c1Cl. The first-order valence-electron chi connectivity index (χ1n) is 8.92. The van der Waals surface area contributed by atoms with Crippen LogP contribution in [0, 0.1) is 6.92 Å². The number of nitrogens with zero attached hydrogens (tertiary/aromatic N) is 2. The summed E-state index contributed by atoms with van der Waals surface area (Å²) in [6.07, 6.45) is 1.95. The third-order valence-corrected chi connectivity index (χ3v) is 5.74. The smallest absolute Gasteiger partial charge is 0.269 e. The van der Waals surface area contributed by atoms with Crippen LogP contribution in [0.25, 0.3) is 0 Å². The van der Waals surface area contributed by atoms with Crippen molar-refractivity contribution in [2.75, 3.05) is 25.1 Å². The van der Waals surface area contributed by atoms with Crippen LogP contribution in [0.5, 0.6) is 0 Å². The standard InChI is InChI=1S/C18H24Cl2N4O4/c1-9-13(19)14(20)15(22-9)16(25)23-10-5-6-24(8-11(10)27-4)12-7-21-17(28-12)18(2,3)26/h7,10-11,22,26H,5-6,8H2,1-4H3,(H,23,25)/t10?,11-/m0/s1. The van der Waals surface area contributed by atoms with Crippen LogP contribution in [0.2, 0.25) is 10.0 Å². The number of rotatable bonds is 5. The second-order valence-corrected chi connectivity index (χ2v) is 8.16. The second kappa shape index (κ2) is 7.94. The number of hydrogen-bond acceptors (Lipinski definition) is 6. The first-order valence-corrected chi connectivity index (χ1v) is 9.68. The highest BCUT2D eigenvalue weighted by atomic mass is 35.5. The topological polar surface area (TPSA) is 104 Å². The van der Waals surface area contributed by atoms with E-state index in [-0.39, 0.29) is 34.7 Å². The predicted molar refractivity (Wildman–Crippen MR) is 106 cm³/mol. The number of nitrogens with one attached hydrogen (secondary N) is 2. The Morgan fingerprint density at radius 2 is 2.18 bits per heavy atom. The molecule has 0 aromatic carbocycles. The number of carbonyl (C=O) groups excluding carboxylic acids is 1. The Balaban J connectivity index is 1.68. The van der Waals surface area contributed by atoms with Crippen molar-refractivity contribution in [3.05, 3.63) is 33.5 Å². The lowest BCUT2D eigenvalue weighted by atomic mass is 10.0. The summed E-state index contributed by atoms with van der Waals surface area (Å²) in [7, 11) is 1.60. The van der Waals surface area contributed by atoms with Gasteiger partial charge in [0.15, 0.2) is 0 Å². The Bertz CT molecular complexity index is 858. The molecule has 1 saturated heterocycles. The minimum Gasteiger partial charge on any atom is -0.422 e. The molecule has 28 heavy (non-hydrogen) atoms. The number of oxazole rings is 1. The molecule has 3 rings (SSSR count). The number of halogens is 2. The van der Waals surface area contributed by atoms with Crippen molar-refractivity contribution >= 4 is 35.0 Å². The van der Waals surface area contributed by atoms with Gasteiger partial charge in [-0.25, -0.2) is 4.98 Å². The summed E-state index contributed by atoms with van der Waals surface area (Å²) in [4.78, 5) is 21.6. The van der Waals surface area contributed by atoms with E-state index < -0.39 is 5.60 Å². The van der Waals surface area contributed by atoms with Crippen molar-refractivity contribution in [1.82, 2.24) is 15.3 Å². The van der Waals surface area contributed by atoms with Gasteiger partial charge < -0.3 is 29.5 Å². The first-order chi connectivity index (χ1) is 13.1. The molecule has 1 aliphatic rings. The summed E-state index contributed by atoms with van der Waals surface area (Å²) in [6, 6.07) is -0.205. The molecule has 3 N–H and O–H groups in total. The molecule has 154 valence electrons. The molecule has 0 spiro atoms. The van der Waals surface area contributed by atoms with E-state index in [9.17, 15) is 9.90 Å². The lowest BCUT2D eigenvalue weighted by molar-refractivity contribution is 0.0455. The highest BCUT2D eigenvalue weighted by molar-refractivity contribution is 6.44. The maximum absolute atomic E-state index is 12.6. The third kappa shape index (κ3) is 4.15. The number of aryl methyl sites for hydroxylation is 1. The number of piperidine rings is 1. The van der Waals surface area contributed by atoms with Gasteiger partial charge in [-0.15, -0.1) is 0 Å². The molecule has 2 aromatic heterocycles. The highest BCUT2D eigenvalue weighted by Crippen LogP contribution is 2.30. The number of hydrogen-bond donors (Lipinski definition) is 3. The van der Waals surface area contributed by atoms with Crippen molar-refractivity contribution in [2.45, 2.75) is 44.9 Å². The molecule has 1 fully saturated rings. The van der Waals surface area contributed by atoms with Crippen LogP contribution >= 0.6 is 23.2 Å². The number of aliphatic hydroxyl groups is 1. The lowest BCUT2D eigenvalue weighted by Gasteiger charge is -2.37.